The predicted octanol–water partition coefficient (Wildman–Crippen LogP) is 1.46. The zero-order valence-electron chi connectivity index (χ0n) is 10.9. The number of hydrogen-bond acceptors (Lipinski definition) is 3. The van der Waals surface area contributed by atoms with Crippen molar-refractivity contribution >= 4 is 10.0 Å². The second kappa shape index (κ2) is 6.71. The summed E-state index contributed by atoms with van der Waals surface area (Å²) in [5.41, 5.74) is 0. The van der Waals surface area contributed by atoms with Crippen LogP contribution in [0, 0.1) is 11.8 Å². The fraction of sp³-hybridized carbons (Fsp3) is 1.00. The van der Waals surface area contributed by atoms with E-state index in [1.807, 2.05) is 13.8 Å². The van der Waals surface area contributed by atoms with Gasteiger partial charge < -0.3 is 5.11 Å². The van der Waals surface area contributed by atoms with Crippen LogP contribution < -0.4 is 0 Å². The predicted molar refractivity (Wildman–Crippen MR) is 69.2 cm³/mol. The van der Waals surface area contributed by atoms with Gasteiger partial charge in [-0.15, -0.1) is 0 Å². The maximum atomic E-state index is 12.2. The summed E-state index contributed by atoms with van der Waals surface area (Å²) in [4.78, 5) is 0. The molecule has 1 aliphatic rings. The molecule has 0 amide bonds. The standard InChI is InChI=1S/C12H25NO3S/c1-3-11(4-2)10-17(15,16)13-7-5-12(9-14)6-8-13/h11-12,14H,3-10H2,1-2H3. The highest BCUT2D eigenvalue weighted by Gasteiger charge is 2.29. The summed E-state index contributed by atoms with van der Waals surface area (Å²) in [5.74, 6) is 0.842. The van der Waals surface area contributed by atoms with E-state index in [2.05, 4.69) is 0 Å². The molecule has 0 radical (unpaired) electrons. The first-order valence-corrected chi connectivity index (χ1v) is 8.23. The highest BCUT2D eigenvalue weighted by atomic mass is 32.2. The minimum absolute atomic E-state index is 0.181. The van der Waals surface area contributed by atoms with Crippen molar-refractivity contribution in [1.29, 1.82) is 0 Å². The number of piperidine rings is 1. The Bertz CT molecular complexity index is 304. The van der Waals surface area contributed by atoms with Gasteiger partial charge in [0.25, 0.3) is 0 Å². The van der Waals surface area contributed by atoms with Crippen molar-refractivity contribution in [3.63, 3.8) is 0 Å². The number of aliphatic hydroxyl groups excluding tert-OH is 1. The molecule has 1 heterocycles. The molecule has 1 aliphatic heterocycles. The van der Waals surface area contributed by atoms with E-state index < -0.39 is 10.0 Å². The molecule has 0 atom stereocenters. The van der Waals surface area contributed by atoms with Crippen molar-refractivity contribution in [3.8, 4) is 0 Å². The van der Waals surface area contributed by atoms with Gasteiger partial charge in [-0.25, -0.2) is 12.7 Å². The Hall–Kier alpha value is -0.130. The maximum Gasteiger partial charge on any atom is 0.214 e. The number of aliphatic hydroxyl groups is 1. The average molecular weight is 263 g/mol. The molecule has 0 unspecified atom stereocenters. The van der Waals surface area contributed by atoms with E-state index in [9.17, 15) is 8.42 Å². The summed E-state index contributed by atoms with van der Waals surface area (Å²) in [7, 11) is -3.09. The SMILES string of the molecule is CCC(CC)CS(=O)(=O)N1CCC(CO)CC1. The highest BCUT2D eigenvalue weighted by Crippen LogP contribution is 2.21. The third kappa shape index (κ3) is 4.23. The second-order valence-electron chi connectivity index (χ2n) is 4.99. The van der Waals surface area contributed by atoms with Crippen LogP contribution >= 0.6 is 0 Å². The Labute approximate surface area is 105 Å². The summed E-state index contributed by atoms with van der Waals surface area (Å²) in [5, 5.41) is 9.03. The lowest BCUT2D eigenvalue weighted by Gasteiger charge is -2.31. The largest absolute Gasteiger partial charge is 0.396 e. The first-order chi connectivity index (χ1) is 8.03. The molecule has 0 aliphatic carbocycles. The Morgan fingerprint density at radius 2 is 1.76 bits per heavy atom. The van der Waals surface area contributed by atoms with E-state index in [0.29, 0.717) is 13.1 Å². The van der Waals surface area contributed by atoms with Gasteiger partial charge >= 0.3 is 0 Å². The first-order valence-electron chi connectivity index (χ1n) is 6.62. The number of nitrogens with zero attached hydrogens (tertiary/aromatic N) is 1. The van der Waals surface area contributed by atoms with Crippen molar-refractivity contribution in [2.24, 2.45) is 11.8 Å². The normalized spacial score (nSPS) is 20.0. The fourth-order valence-corrected chi connectivity index (χ4v) is 4.34. The van der Waals surface area contributed by atoms with E-state index in [4.69, 9.17) is 5.11 Å². The van der Waals surface area contributed by atoms with Gasteiger partial charge in [-0.2, -0.15) is 0 Å². The van der Waals surface area contributed by atoms with Crippen LogP contribution in [0.3, 0.4) is 0 Å². The van der Waals surface area contributed by atoms with Crippen LogP contribution in [0.1, 0.15) is 39.5 Å². The molecule has 1 rings (SSSR count). The number of hydrogen-bond donors (Lipinski definition) is 1. The Kier molecular flexibility index (Phi) is 5.89. The van der Waals surface area contributed by atoms with E-state index in [1.165, 1.54) is 0 Å². The third-order valence-corrected chi connectivity index (χ3v) is 5.87. The lowest BCUT2D eigenvalue weighted by atomic mass is 10.00. The van der Waals surface area contributed by atoms with Gasteiger partial charge in [-0.3, -0.25) is 0 Å². The van der Waals surface area contributed by atoms with E-state index in [1.54, 1.807) is 4.31 Å². The van der Waals surface area contributed by atoms with Crippen LogP contribution in [0.4, 0.5) is 0 Å². The van der Waals surface area contributed by atoms with Crippen molar-refractivity contribution in [2.45, 2.75) is 39.5 Å². The number of sulfonamides is 1. The molecule has 0 bridgehead atoms. The zero-order valence-corrected chi connectivity index (χ0v) is 11.7. The van der Waals surface area contributed by atoms with E-state index in [-0.39, 0.29) is 24.2 Å². The van der Waals surface area contributed by atoms with Crippen LogP contribution in [0.2, 0.25) is 0 Å². The molecular formula is C12H25NO3S. The molecule has 17 heavy (non-hydrogen) atoms. The van der Waals surface area contributed by atoms with Gasteiger partial charge in [0, 0.05) is 19.7 Å². The van der Waals surface area contributed by atoms with Crippen molar-refractivity contribution in [1.82, 2.24) is 4.31 Å². The third-order valence-electron chi connectivity index (χ3n) is 3.83. The highest BCUT2D eigenvalue weighted by molar-refractivity contribution is 7.89. The minimum atomic E-state index is -3.09. The average Bonchev–Trinajstić information content (AvgIpc) is 2.36. The molecule has 5 heteroatoms. The molecule has 102 valence electrons. The van der Waals surface area contributed by atoms with Crippen LogP contribution in [0.5, 0.6) is 0 Å². The lowest BCUT2D eigenvalue weighted by Crippen LogP contribution is -2.41. The topological polar surface area (TPSA) is 57.6 Å². The summed E-state index contributed by atoms with van der Waals surface area (Å²) < 4.78 is 26.0. The van der Waals surface area contributed by atoms with Crippen molar-refractivity contribution in [2.75, 3.05) is 25.4 Å². The Morgan fingerprint density at radius 3 is 2.18 bits per heavy atom. The van der Waals surface area contributed by atoms with Gasteiger partial charge in [-0.1, -0.05) is 26.7 Å². The van der Waals surface area contributed by atoms with E-state index in [0.717, 1.165) is 25.7 Å². The minimum Gasteiger partial charge on any atom is -0.396 e. The molecule has 1 N–H and O–H groups in total. The summed E-state index contributed by atoms with van der Waals surface area (Å²) in [6.45, 7) is 5.42. The van der Waals surface area contributed by atoms with Gasteiger partial charge in [-0.05, 0) is 24.7 Å². The zero-order chi connectivity index (χ0) is 12.9. The molecule has 0 aromatic rings. The van der Waals surface area contributed by atoms with Crippen LogP contribution in [-0.2, 0) is 10.0 Å². The molecule has 0 aromatic heterocycles. The Balaban J connectivity index is 2.54. The number of rotatable bonds is 6. The van der Waals surface area contributed by atoms with Crippen LogP contribution in [-0.4, -0.2) is 43.3 Å². The Morgan fingerprint density at radius 1 is 1.24 bits per heavy atom. The molecule has 1 saturated heterocycles. The van der Waals surface area contributed by atoms with Crippen LogP contribution in [0.25, 0.3) is 0 Å². The fourth-order valence-electron chi connectivity index (χ4n) is 2.30. The molecule has 0 spiro atoms. The second-order valence-corrected chi connectivity index (χ2v) is 7.00. The summed E-state index contributed by atoms with van der Waals surface area (Å²) in [6, 6.07) is 0. The van der Waals surface area contributed by atoms with Gasteiger partial charge in [0.15, 0.2) is 0 Å². The van der Waals surface area contributed by atoms with Gasteiger partial charge in [0.05, 0.1) is 5.75 Å². The lowest BCUT2D eigenvalue weighted by molar-refractivity contribution is 0.170. The monoisotopic (exact) mass is 263 g/mol. The quantitative estimate of drug-likeness (QED) is 0.789. The first kappa shape index (κ1) is 14.9. The van der Waals surface area contributed by atoms with E-state index >= 15 is 0 Å². The summed E-state index contributed by atoms with van der Waals surface area (Å²) in [6.07, 6.45) is 3.42. The maximum absolute atomic E-state index is 12.2. The van der Waals surface area contributed by atoms with Crippen molar-refractivity contribution < 1.29 is 13.5 Å². The molecule has 0 aromatic carbocycles. The van der Waals surface area contributed by atoms with Crippen LogP contribution in [0.15, 0.2) is 0 Å². The van der Waals surface area contributed by atoms with Crippen molar-refractivity contribution in [3.05, 3.63) is 0 Å². The molecule has 4 nitrogen and oxygen atoms in total. The molecule has 1 fully saturated rings. The van der Waals surface area contributed by atoms with Gasteiger partial charge in [0.1, 0.15) is 0 Å². The smallest absolute Gasteiger partial charge is 0.214 e. The molecule has 0 saturated carbocycles. The van der Waals surface area contributed by atoms with Gasteiger partial charge in [0.2, 0.25) is 10.0 Å². The molecular weight excluding hydrogens is 238 g/mol. The summed E-state index contributed by atoms with van der Waals surface area (Å²) >= 11 is 0.